The van der Waals surface area contributed by atoms with E-state index in [1.54, 1.807) is 0 Å². The van der Waals surface area contributed by atoms with Crippen LogP contribution in [0.1, 0.15) is 10.5 Å². The fraction of sp³-hybridized carbons (Fsp3) is 0. The SMILES string of the molecule is NC(=O)c1n[nH]c2ccc(S(=O)(=O)Nc3ccc(Cl)c(Cl)c3)cc12. The number of primary amides is 1. The van der Waals surface area contributed by atoms with E-state index in [1.807, 2.05) is 0 Å². The summed E-state index contributed by atoms with van der Waals surface area (Å²) in [6, 6.07) is 8.55. The molecule has 24 heavy (non-hydrogen) atoms. The van der Waals surface area contributed by atoms with E-state index in [4.69, 9.17) is 28.9 Å². The van der Waals surface area contributed by atoms with Crippen molar-refractivity contribution in [3.05, 3.63) is 52.1 Å². The lowest BCUT2D eigenvalue weighted by atomic mass is 10.2. The lowest BCUT2D eigenvalue weighted by Crippen LogP contribution is -2.14. The number of H-pyrrole nitrogens is 1. The maximum Gasteiger partial charge on any atom is 0.269 e. The second-order valence-corrected chi connectivity index (χ2v) is 7.38. The maximum atomic E-state index is 12.5. The summed E-state index contributed by atoms with van der Waals surface area (Å²) in [5, 5.41) is 7.24. The number of nitrogens with two attached hydrogens (primary N) is 1. The Labute approximate surface area is 146 Å². The van der Waals surface area contributed by atoms with Crippen LogP contribution in [0.25, 0.3) is 10.9 Å². The average molecular weight is 385 g/mol. The van der Waals surface area contributed by atoms with Gasteiger partial charge < -0.3 is 5.73 Å². The summed E-state index contributed by atoms with van der Waals surface area (Å²) in [6.45, 7) is 0. The van der Waals surface area contributed by atoms with Gasteiger partial charge in [-0.15, -0.1) is 0 Å². The van der Waals surface area contributed by atoms with Crippen LogP contribution in [0.5, 0.6) is 0 Å². The molecule has 2 aromatic carbocycles. The van der Waals surface area contributed by atoms with Crippen LogP contribution < -0.4 is 10.5 Å². The van der Waals surface area contributed by atoms with Crippen molar-refractivity contribution < 1.29 is 13.2 Å². The molecule has 0 spiro atoms. The molecule has 0 aliphatic rings. The summed E-state index contributed by atoms with van der Waals surface area (Å²) in [5.74, 6) is -0.756. The zero-order valence-electron chi connectivity index (χ0n) is 11.9. The van der Waals surface area contributed by atoms with Crippen molar-refractivity contribution in [3.63, 3.8) is 0 Å². The summed E-state index contributed by atoms with van der Waals surface area (Å²) >= 11 is 11.7. The number of aromatic amines is 1. The number of anilines is 1. The van der Waals surface area contributed by atoms with Crippen molar-refractivity contribution >= 4 is 55.7 Å². The van der Waals surface area contributed by atoms with Crippen LogP contribution in [0.3, 0.4) is 0 Å². The van der Waals surface area contributed by atoms with Gasteiger partial charge >= 0.3 is 0 Å². The highest BCUT2D eigenvalue weighted by molar-refractivity contribution is 7.92. The van der Waals surface area contributed by atoms with Crippen LogP contribution in [-0.2, 0) is 10.0 Å². The molecule has 4 N–H and O–H groups in total. The lowest BCUT2D eigenvalue weighted by molar-refractivity contribution is 0.0997. The number of carbonyl (C=O) groups is 1. The first kappa shape index (κ1) is 16.6. The number of fused-ring (bicyclic) bond motifs is 1. The Hall–Kier alpha value is -2.29. The average Bonchev–Trinajstić information content (AvgIpc) is 2.94. The van der Waals surface area contributed by atoms with Gasteiger partial charge in [-0.2, -0.15) is 5.10 Å². The molecule has 0 aliphatic heterocycles. The van der Waals surface area contributed by atoms with Gasteiger partial charge in [0.1, 0.15) is 0 Å². The first-order valence-electron chi connectivity index (χ1n) is 6.54. The number of sulfonamides is 1. The maximum absolute atomic E-state index is 12.5. The summed E-state index contributed by atoms with van der Waals surface area (Å²) in [4.78, 5) is 11.3. The van der Waals surface area contributed by atoms with Gasteiger partial charge in [0.2, 0.25) is 0 Å². The van der Waals surface area contributed by atoms with Gasteiger partial charge in [0.15, 0.2) is 5.69 Å². The molecule has 0 atom stereocenters. The summed E-state index contributed by atoms with van der Waals surface area (Å²) < 4.78 is 27.4. The van der Waals surface area contributed by atoms with Gasteiger partial charge in [-0.05, 0) is 36.4 Å². The molecule has 124 valence electrons. The normalized spacial score (nSPS) is 11.6. The van der Waals surface area contributed by atoms with E-state index >= 15 is 0 Å². The Morgan fingerprint density at radius 2 is 1.88 bits per heavy atom. The number of nitrogens with one attached hydrogen (secondary N) is 2. The van der Waals surface area contributed by atoms with Crippen LogP contribution in [-0.4, -0.2) is 24.5 Å². The van der Waals surface area contributed by atoms with Gasteiger partial charge in [-0.25, -0.2) is 8.42 Å². The second-order valence-electron chi connectivity index (χ2n) is 4.88. The van der Waals surface area contributed by atoms with Crippen LogP contribution in [0, 0.1) is 0 Å². The molecule has 1 amide bonds. The highest BCUT2D eigenvalue weighted by atomic mass is 35.5. The minimum atomic E-state index is -3.90. The van der Waals surface area contributed by atoms with Gasteiger partial charge in [0.05, 0.1) is 26.1 Å². The highest BCUT2D eigenvalue weighted by Crippen LogP contribution is 2.27. The molecular formula is C14H10Cl2N4O3S. The summed E-state index contributed by atoms with van der Waals surface area (Å²) in [7, 11) is -3.90. The third-order valence-electron chi connectivity index (χ3n) is 3.25. The highest BCUT2D eigenvalue weighted by Gasteiger charge is 2.18. The van der Waals surface area contributed by atoms with Gasteiger partial charge in [-0.1, -0.05) is 23.2 Å². The molecule has 0 fully saturated rings. The van der Waals surface area contributed by atoms with Crippen molar-refractivity contribution in [1.82, 2.24) is 10.2 Å². The van der Waals surface area contributed by atoms with Crippen molar-refractivity contribution in [3.8, 4) is 0 Å². The summed E-state index contributed by atoms with van der Waals surface area (Å²) in [5.41, 5.74) is 5.95. The van der Waals surface area contributed by atoms with E-state index in [1.165, 1.54) is 36.4 Å². The Balaban J connectivity index is 2.02. The smallest absolute Gasteiger partial charge is 0.269 e. The van der Waals surface area contributed by atoms with E-state index in [9.17, 15) is 13.2 Å². The quantitative estimate of drug-likeness (QED) is 0.640. The predicted molar refractivity (Wildman–Crippen MR) is 91.9 cm³/mol. The molecule has 3 rings (SSSR count). The number of hydrogen-bond acceptors (Lipinski definition) is 4. The number of carbonyl (C=O) groups excluding carboxylic acids is 1. The van der Waals surface area contributed by atoms with E-state index < -0.39 is 15.9 Å². The third-order valence-corrected chi connectivity index (χ3v) is 5.37. The Bertz CT molecular complexity index is 1060. The molecule has 0 saturated carbocycles. The molecule has 1 heterocycles. The molecule has 0 bridgehead atoms. The van der Waals surface area contributed by atoms with Crippen molar-refractivity contribution in [2.24, 2.45) is 5.73 Å². The van der Waals surface area contributed by atoms with Crippen LogP contribution in [0.15, 0.2) is 41.3 Å². The van der Waals surface area contributed by atoms with Crippen molar-refractivity contribution in [1.29, 1.82) is 0 Å². The van der Waals surface area contributed by atoms with Gasteiger partial charge in [-0.3, -0.25) is 14.6 Å². The minimum Gasteiger partial charge on any atom is -0.364 e. The standard InChI is InChI=1S/C14H10Cl2N4O3S/c15-10-3-1-7(5-11(10)16)20-24(22,23)8-2-4-12-9(6-8)13(14(17)21)19-18-12/h1-6,20H,(H2,17,21)(H,18,19). The molecule has 0 aliphatic carbocycles. The minimum absolute atomic E-state index is 0.0309. The van der Waals surface area contributed by atoms with Gasteiger partial charge in [0, 0.05) is 5.39 Å². The van der Waals surface area contributed by atoms with Crippen LogP contribution >= 0.6 is 23.2 Å². The molecule has 7 nitrogen and oxygen atoms in total. The molecule has 1 aromatic heterocycles. The first-order chi connectivity index (χ1) is 11.3. The number of benzene rings is 2. The topological polar surface area (TPSA) is 118 Å². The molecule has 0 radical (unpaired) electrons. The Morgan fingerprint density at radius 1 is 1.12 bits per heavy atom. The Morgan fingerprint density at radius 3 is 2.54 bits per heavy atom. The summed E-state index contributed by atoms with van der Waals surface area (Å²) in [6.07, 6.45) is 0. The molecule has 0 unspecified atom stereocenters. The van der Waals surface area contributed by atoms with Gasteiger partial charge in [0.25, 0.3) is 15.9 Å². The lowest BCUT2D eigenvalue weighted by Gasteiger charge is -2.09. The van der Waals surface area contributed by atoms with E-state index in [0.29, 0.717) is 15.9 Å². The van der Waals surface area contributed by atoms with Crippen LogP contribution in [0.2, 0.25) is 10.0 Å². The van der Waals surface area contributed by atoms with E-state index in [2.05, 4.69) is 14.9 Å². The van der Waals surface area contributed by atoms with Crippen molar-refractivity contribution in [2.75, 3.05) is 4.72 Å². The first-order valence-corrected chi connectivity index (χ1v) is 8.77. The number of aromatic nitrogens is 2. The third kappa shape index (κ3) is 3.03. The molecular weight excluding hydrogens is 375 g/mol. The number of halogens is 2. The fourth-order valence-electron chi connectivity index (χ4n) is 2.12. The molecule has 10 heteroatoms. The second kappa shape index (κ2) is 5.97. The molecule has 3 aromatic rings. The van der Waals surface area contributed by atoms with E-state index in [0.717, 1.165) is 0 Å². The van der Waals surface area contributed by atoms with E-state index in [-0.39, 0.29) is 21.3 Å². The zero-order valence-corrected chi connectivity index (χ0v) is 14.2. The predicted octanol–water partition coefficient (Wildman–Crippen LogP) is 2.77. The fourth-order valence-corrected chi connectivity index (χ4v) is 3.50. The number of hydrogen-bond donors (Lipinski definition) is 3. The monoisotopic (exact) mass is 384 g/mol. The zero-order chi connectivity index (χ0) is 17.5. The largest absolute Gasteiger partial charge is 0.364 e. The van der Waals surface area contributed by atoms with Crippen molar-refractivity contribution in [2.45, 2.75) is 4.90 Å². The van der Waals surface area contributed by atoms with Crippen LogP contribution in [0.4, 0.5) is 5.69 Å². The molecule has 0 saturated heterocycles. The number of amides is 1. The number of nitrogens with zero attached hydrogens (tertiary/aromatic N) is 1. The number of rotatable bonds is 4. The Kier molecular flexibility index (Phi) is 4.12.